The number of furan rings is 1. The minimum atomic E-state index is 0.345. The van der Waals surface area contributed by atoms with E-state index in [9.17, 15) is 0 Å². The summed E-state index contributed by atoms with van der Waals surface area (Å²) in [5, 5.41) is 4.89. The summed E-state index contributed by atoms with van der Waals surface area (Å²) in [6.45, 7) is 3.08. The molecule has 146 valence electrons. The molecule has 3 aromatic heterocycles. The van der Waals surface area contributed by atoms with Crippen molar-refractivity contribution in [3.05, 3.63) is 53.3 Å². The molecule has 0 radical (unpaired) electrons. The Morgan fingerprint density at radius 1 is 1.21 bits per heavy atom. The zero-order valence-corrected chi connectivity index (χ0v) is 17.0. The van der Waals surface area contributed by atoms with Crippen LogP contribution in [0.4, 0.5) is 0 Å². The maximum atomic E-state index is 5.91. The van der Waals surface area contributed by atoms with Crippen molar-refractivity contribution < 1.29 is 4.42 Å². The lowest BCUT2D eigenvalue weighted by Gasteiger charge is -2.29. The van der Waals surface area contributed by atoms with E-state index >= 15 is 0 Å². The van der Waals surface area contributed by atoms with Crippen LogP contribution in [0.2, 0.25) is 0 Å². The van der Waals surface area contributed by atoms with Gasteiger partial charge in [-0.2, -0.15) is 0 Å². The summed E-state index contributed by atoms with van der Waals surface area (Å²) in [4.78, 5) is 4.10. The van der Waals surface area contributed by atoms with Crippen molar-refractivity contribution in [2.24, 2.45) is 17.8 Å². The third-order valence-corrected chi connectivity index (χ3v) is 7.20. The summed E-state index contributed by atoms with van der Waals surface area (Å²) in [5.74, 6) is 4.10. The lowest BCUT2D eigenvalue weighted by atomic mass is 9.84. The summed E-state index contributed by atoms with van der Waals surface area (Å²) in [6, 6.07) is 8.34. The van der Waals surface area contributed by atoms with E-state index in [2.05, 4.69) is 16.5 Å². The molecule has 2 fully saturated rings. The molecule has 0 N–H and O–H groups in total. The fourth-order valence-electron chi connectivity index (χ4n) is 5.37. The van der Waals surface area contributed by atoms with Gasteiger partial charge in [0.1, 0.15) is 0 Å². The Morgan fingerprint density at radius 2 is 2.07 bits per heavy atom. The standard InChI is InChI=1S/C22H26N4OS/c1-15(19-14-17-4-5-18(19)13-17)26-21(20-3-2-12-27-20)24-25(22(26)28)11-8-16-6-9-23-10-7-16/h2-3,6-7,9-10,12,15,17-19H,4-5,8,11,13-14H2,1H3. The highest BCUT2D eigenvalue weighted by Gasteiger charge is 2.43. The minimum absolute atomic E-state index is 0.345. The Hall–Kier alpha value is -2.21. The first-order chi connectivity index (χ1) is 13.7. The number of aryl methyl sites for hydroxylation is 2. The van der Waals surface area contributed by atoms with E-state index in [0.29, 0.717) is 12.0 Å². The van der Waals surface area contributed by atoms with Gasteiger partial charge in [0.05, 0.1) is 6.26 Å². The number of nitrogens with zero attached hydrogens (tertiary/aromatic N) is 4. The summed E-state index contributed by atoms with van der Waals surface area (Å²) < 4.78 is 10.7. The highest BCUT2D eigenvalue weighted by atomic mass is 32.1. The predicted octanol–water partition coefficient (Wildman–Crippen LogP) is 5.31. The van der Waals surface area contributed by atoms with Gasteiger partial charge in [-0.25, -0.2) is 4.68 Å². The highest BCUT2D eigenvalue weighted by molar-refractivity contribution is 7.71. The third-order valence-electron chi connectivity index (χ3n) is 6.79. The lowest BCUT2D eigenvalue weighted by Crippen LogP contribution is -2.23. The molecule has 3 heterocycles. The lowest BCUT2D eigenvalue weighted by molar-refractivity contribution is 0.241. The van der Waals surface area contributed by atoms with Gasteiger partial charge in [0, 0.05) is 25.0 Å². The number of aromatic nitrogens is 4. The SMILES string of the molecule is CC(C1CC2CCC1C2)n1c(-c2ccco2)nn(CCc2ccncc2)c1=S. The van der Waals surface area contributed by atoms with Crippen molar-refractivity contribution in [2.45, 2.75) is 51.6 Å². The van der Waals surface area contributed by atoms with Crippen LogP contribution in [0.3, 0.4) is 0 Å². The van der Waals surface area contributed by atoms with Crippen molar-refractivity contribution in [3.63, 3.8) is 0 Å². The van der Waals surface area contributed by atoms with Crippen molar-refractivity contribution in [1.82, 2.24) is 19.3 Å². The first kappa shape index (κ1) is 17.9. The third kappa shape index (κ3) is 3.13. The molecular formula is C22H26N4OS. The first-order valence-corrected chi connectivity index (χ1v) is 10.7. The van der Waals surface area contributed by atoms with E-state index in [0.717, 1.165) is 41.2 Å². The van der Waals surface area contributed by atoms with E-state index in [1.165, 1.54) is 31.2 Å². The monoisotopic (exact) mass is 394 g/mol. The number of pyridine rings is 1. The van der Waals surface area contributed by atoms with Crippen molar-refractivity contribution in [1.29, 1.82) is 0 Å². The molecule has 3 aromatic rings. The molecule has 0 aromatic carbocycles. The molecule has 6 heteroatoms. The molecule has 0 amide bonds. The average Bonchev–Trinajstić information content (AvgIpc) is 3.51. The van der Waals surface area contributed by atoms with Gasteiger partial charge < -0.3 is 4.42 Å². The second-order valence-corrected chi connectivity index (χ2v) is 8.73. The topological polar surface area (TPSA) is 48.8 Å². The summed E-state index contributed by atoms with van der Waals surface area (Å²) in [5.41, 5.74) is 1.24. The van der Waals surface area contributed by atoms with Gasteiger partial charge in [-0.15, -0.1) is 5.10 Å². The van der Waals surface area contributed by atoms with Gasteiger partial charge in [0.15, 0.2) is 16.4 Å². The zero-order chi connectivity index (χ0) is 19.1. The van der Waals surface area contributed by atoms with Crippen LogP contribution in [-0.2, 0) is 13.0 Å². The quantitative estimate of drug-likeness (QED) is 0.532. The fraction of sp³-hybridized carbons (Fsp3) is 0.500. The molecule has 28 heavy (non-hydrogen) atoms. The van der Waals surface area contributed by atoms with Gasteiger partial charge >= 0.3 is 0 Å². The van der Waals surface area contributed by atoms with Crippen LogP contribution in [0.15, 0.2) is 47.3 Å². The van der Waals surface area contributed by atoms with Gasteiger partial charge in [-0.1, -0.05) is 6.42 Å². The van der Waals surface area contributed by atoms with E-state index in [1.54, 1.807) is 6.26 Å². The number of fused-ring (bicyclic) bond motifs is 2. The van der Waals surface area contributed by atoms with Crippen LogP contribution in [0.25, 0.3) is 11.6 Å². The molecule has 5 rings (SSSR count). The summed E-state index contributed by atoms with van der Waals surface area (Å²) in [7, 11) is 0. The Labute approximate surface area is 170 Å². The van der Waals surface area contributed by atoms with Crippen molar-refractivity contribution in [2.75, 3.05) is 0 Å². The van der Waals surface area contributed by atoms with E-state index in [1.807, 2.05) is 41.3 Å². The van der Waals surface area contributed by atoms with Gasteiger partial charge in [-0.3, -0.25) is 9.55 Å². The first-order valence-electron chi connectivity index (χ1n) is 10.3. The van der Waals surface area contributed by atoms with Crippen LogP contribution < -0.4 is 0 Å². The molecule has 2 aliphatic rings. The van der Waals surface area contributed by atoms with E-state index < -0.39 is 0 Å². The smallest absolute Gasteiger partial charge is 0.198 e. The maximum Gasteiger partial charge on any atom is 0.198 e. The molecular weight excluding hydrogens is 368 g/mol. The molecule has 4 unspecified atom stereocenters. The van der Waals surface area contributed by atoms with Crippen molar-refractivity contribution >= 4 is 12.2 Å². The predicted molar refractivity (Wildman–Crippen MR) is 110 cm³/mol. The normalized spacial score (nSPS) is 24.7. The Balaban J connectivity index is 1.48. The van der Waals surface area contributed by atoms with Crippen molar-refractivity contribution in [3.8, 4) is 11.6 Å². The second-order valence-electron chi connectivity index (χ2n) is 8.36. The Bertz CT molecular complexity index is 991. The molecule has 0 spiro atoms. The Kier molecular flexibility index (Phi) is 4.67. The van der Waals surface area contributed by atoms with Crippen LogP contribution >= 0.6 is 12.2 Å². The molecule has 2 saturated carbocycles. The molecule has 4 atom stereocenters. The molecule has 2 aliphatic carbocycles. The summed E-state index contributed by atoms with van der Waals surface area (Å²) >= 11 is 5.91. The average molecular weight is 395 g/mol. The minimum Gasteiger partial charge on any atom is -0.461 e. The molecule has 5 nitrogen and oxygen atoms in total. The van der Waals surface area contributed by atoms with Crippen LogP contribution in [0.1, 0.15) is 44.2 Å². The van der Waals surface area contributed by atoms with Gasteiger partial charge in [0.2, 0.25) is 0 Å². The molecule has 2 bridgehead atoms. The summed E-state index contributed by atoms with van der Waals surface area (Å²) in [6.07, 6.45) is 11.8. The molecule has 0 aliphatic heterocycles. The largest absolute Gasteiger partial charge is 0.461 e. The number of hydrogen-bond donors (Lipinski definition) is 0. The maximum absolute atomic E-state index is 5.91. The second kappa shape index (κ2) is 7.32. The van der Waals surface area contributed by atoms with Gasteiger partial charge in [0.25, 0.3) is 0 Å². The number of rotatable bonds is 6. The van der Waals surface area contributed by atoms with E-state index in [4.69, 9.17) is 21.7 Å². The zero-order valence-electron chi connectivity index (χ0n) is 16.2. The highest BCUT2D eigenvalue weighted by Crippen LogP contribution is 2.52. The van der Waals surface area contributed by atoms with Crippen LogP contribution in [0, 0.1) is 22.5 Å². The Morgan fingerprint density at radius 3 is 2.75 bits per heavy atom. The van der Waals surface area contributed by atoms with Crippen LogP contribution in [0.5, 0.6) is 0 Å². The molecule has 0 saturated heterocycles. The van der Waals surface area contributed by atoms with Gasteiger partial charge in [-0.05, 0) is 92.4 Å². The van der Waals surface area contributed by atoms with E-state index in [-0.39, 0.29) is 0 Å². The number of hydrogen-bond acceptors (Lipinski definition) is 4. The van der Waals surface area contributed by atoms with Crippen LogP contribution in [-0.4, -0.2) is 19.3 Å². The fourth-order valence-corrected chi connectivity index (χ4v) is 5.75.